The van der Waals surface area contributed by atoms with E-state index in [1.165, 1.54) is 22.4 Å². The summed E-state index contributed by atoms with van der Waals surface area (Å²) in [5.74, 6) is 0. The average Bonchev–Trinajstić information content (AvgIpc) is 2.21. The maximum atomic E-state index is 9.50. The molecule has 1 aromatic rings. The highest BCUT2D eigenvalue weighted by molar-refractivity contribution is 5.59. The van der Waals surface area contributed by atoms with Gasteiger partial charge in [-0.05, 0) is 36.6 Å². The summed E-state index contributed by atoms with van der Waals surface area (Å²) < 4.78 is 0. The first kappa shape index (κ1) is 13.0. The molecule has 0 fully saturated rings. The van der Waals surface area contributed by atoms with Gasteiger partial charge in [0.1, 0.15) is 0 Å². The summed E-state index contributed by atoms with van der Waals surface area (Å²) in [6.45, 7) is 8.55. The van der Waals surface area contributed by atoms with Crippen LogP contribution in [0.1, 0.15) is 30.5 Å². The van der Waals surface area contributed by atoms with Crippen molar-refractivity contribution in [2.75, 3.05) is 25.6 Å². The molecule has 0 heterocycles. The first-order valence-corrected chi connectivity index (χ1v) is 5.69. The zero-order valence-corrected chi connectivity index (χ0v) is 11.3. The summed E-state index contributed by atoms with van der Waals surface area (Å²) in [5.41, 5.74) is 4.78. The number of anilines is 1. The van der Waals surface area contributed by atoms with Gasteiger partial charge in [0.25, 0.3) is 0 Å². The minimum absolute atomic E-state index is 0.163. The van der Waals surface area contributed by atoms with Gasteiger partial charge >= 0.3 is 0 Å². The molecular formula is C14H23NO. The van der Waals surface area contributed by atoms with Crippen LogP contribution >= 0.6 is 0 Å². The van der Waals surface area contributed by atoms with Crippen molar-refractivity contribution in [3.63, 3.8) is 0 Å². The van der Waals surface area contributed by atoms with Gasteiger partial charge < -0.3 is 10.0 Å². The molecule has 0 bridgehead atoms. The summed E-state index contributed by atoms with van der Waals surface area (Å²) in [6.07, 6.45) is 0. The maximum Gasteiger partial charge on any atom is 0.0523 e. The maximum absolute atomic E-state index is 9.50. The number of aliphatic hydroxyl groups is 1. The predicted octanol–water partition coefficient (Wildman–Crippen LogP) is 2.64. The van der Waals surface area contributed by atoms with Crippen LogP contribution in [0.15, 0.2) is 12.1 Å². The Labute approximate surface area is 98.9 Å². The highest BCUT2D eigenvalue weighted by Gasteiger charge is 2.24. The van der Waals surface area contributed by atoms with Crippen molar-refractivity contribution < 1.29 is 5.11 Å². The van der Waals surface area contributed by atoms with Gasteiger partial charge in [-0.3, -0.25) is 0 Å². The van der Waals surface area contributed by atoms with Crippen LogP contribution in [-0.2, 0) is 5.41 Å². The zero-order chi connectivity index (χ0) is 12.5. The van der Waals surface area contributed by atoms with Crippen molar-refractivity contribution >= 4 is 5.69 Å². The number of benzene rings is 1. The minimum Gasteiger partial charge on any atom is -0.395 e. The van der Waals surface area contributed by atoms with Crippen LogP contribution in [0.25, 0.3) is 0 Å². The van der Waals surface area contributed by atoms with Crippen molar-refractivity contribution in [1.29, 1.82) is 0 Å². The number of aliphatic hydroxyl groups excluding tert-OH is 1. The summed E-state index contributed by atoms with van der Waals surface area (Å²) >= 11 is 0. The molecule has 0 saturated carbocycles. The lowest BCUT2D eigenvalue weighted by Crippen LogP contribution is -2.26. The summed E-state index contributed by atoms with van der Waals surface area (Å²) in [5, 5.41) is 9.50. The van der Waals surface area contributed by atoms with Gasteiger partial charge in [-0.1, -0.05) is 19.9 Å². The van der Waals surface area contributed by atoms with Gasteiger partial charge in [-0.15, -0.1) is 0 Å². The lowest BCUT2D eigenvalue weighted by molar-refractivity contribution is 0.218. The molecule has 90 valence electrons. The first-order valence-electron chi connectivity index (χ1n) is 5.69. The Bertz CT molecular complexity index is 381. The molecule has 0 radical (unpaired) electrons. The lowest BCUT2D eigenvalue weighted by atomic mass is 9.82. The average molecular weight is 221 g/mol. The van der Waals surface area contributed by atoms with Gasteiger partial charge in [0.05, 0.1) is 6.61 Å². The predicted molar refractivity (Wildman–Crippen MR) is 70.4 cm³/mol. The largest absolute Gasteiger partial charge is 0.395 e. The van der Waals surface area contributed by atoms with E-state index in [0.717, 1.165) is 0 Å². The molecule has 1 N–H and O–H groups in total. The Kier molecular flexibility index (Phi) is 3.64. The summed E-state index contributed by atoms with van der Waals surface area (Å²) in [7, 11) is 4.09. The topological polar surface area (TPSA) is 23.5 Å². The Morgan fingerprint density at radius 3 is 2.06 bits per heavy atom. The number of hydrogen-bond acceptors (Lipinski definition) is 2. The molecule has 2 nitrogen and oxygen atoms in total. The number of rotatable bonds is 3. The van der Waals surface area contributed by atoms with Gasteiger partial charge in [0.2, 0.25) is 0 Å². The van der Waals surface area contributed by atoms with E-state index in [-0.39, 0.29) is 12.0 Å². The second kappa shape index (κ2) is 4.46. The second-order valence-electron chi connectivity index (χ2n) is 5.39. The summed E-state index contributed by atoms with van der Waals surface area (Å²) in [6, 6.07) is 4.39. The molecule has 0 aliphatic carbocycles. The zero-order valence-electron chi connectivity index (χ0n) is 11.3. The number of nitrogens with zero attached hydrogens (tertiary/aromatic N) is 1. The van der Waals surface area contributed by atoms with Crippen molar-refractivity contribution in [1.82, 2.24) is 0 Å². The molecule has 0 aliphatic heterocycles. The monoisotopic (exact) mass is 221 g/mol. The van der Waals surface area contributed by atoms with E-state index in [2.05, 4.69) is 44.7 Å². The van der Waals surface area contributed by atoms with Crippen LogP contribution < -0.4 is 4.90 Å². The van der Waals surface area contributed by atoms with Crippen LogP contribution in [0, 0.1) is 13.8 Å². The Hall–Kier alpha value is -1.02. The van der Waals surface area contributed by atoms with Crippen molar-refractivity contribution in [2.45, 2.75) is 33.1 Å². The summed E-state index contributed by atoms with van der Waals surface area (Å²) in [4.78, 5) is 2.11. The molecule has 16 heavy (non-hydrogen) atoms. The van der Waals surface area contributed by atoms with E-state index in [4.69, 9.17) is 0 Å². The third-order valence-corrected chi connectivity index (χ3v) is 3.22. The van der Waals surface area contributed by atoms with Crippen LogP contribution in [0.4, 0.5) is 5.69 Å². The molecule has 0 unspecified atom stereocenters. The van der Waals surface area contributed by atoms with Crippen molar-refractivity contribution in [2.24, 2.45) is 0 Å². The minimum atomic E-state index is -0.196. The highest BCUT2D eigenvalue weighted by atomic mass is 16.3. The molecule has 0 saturated heterocycles. The van der Waals surface area contributed by atoms with Gasteiger partial charge in [-0.25, -0.2) is 0 Å². The fourth-order valence-corrected chi connectivity index (χ4v) is 1.80. The Morgan fingerprint density at radius 1 is 1.12 bits per heavy atom. The van der Waals surface area contributed by atoms with Crippen LogP contribution in [0.5, 0.6) is 0 Å². The van der Waals surface area contributed by atoms with Gasteiger partial charge in [0.15, 0.2) is 0 Å². The molecule has 1 aromatic carbocycles. The first-order chi connectivity index (χ1) is 7.29. The molecular weight excluding hydrogens is 198 g/mol. The van der Waals surface area contributed by atoms with Crippen molar-refractivity contribution in [3.8, 4) is 0 Å². The number of aryl methyl sites for hydroxylation is 2. The smallest absolute Gasteiger partial charge is 0.0523 e. The highest BCUT2D eigenvalue weighted by Crippen LogP contribution is 2.33. The Balaban J connectivity index is 3.42. The SMILES string of the molecule is Cc1cc(N(C)C)c(C(C)(C)CO)cc1C. The fraction of sp³-hybridized carbons (Fsp3) is 0.571. The van der Waals surface area contributed by atoms with Crippen LogP contribution in [-0.4, -0.2) is 25.8 Å². The fourth-order valence-electron chi connectivity index (χ4n) is 1.80. The normalized spacial score (nSPS) is 11.7. The third-order valence-electron chi connectivity index (χ3n) is 3.22. The molecule has 1 rings (SSSR count). The molecule has 0 aliphatic rings. The van der Waals surface area contributed by atoms with E-state index in [1.807, 2.05) is 14.1 Å². The van der Waals surface area contributed by atoms with Crippen LogP contribution in [0.2, 0.25) is 0 Å². The van der Waals surface area contributed by atoms with E-state index in [0.29, 0.717) is 0 Å². The van der Waals surface area contributed by atoms with E-state index >= 15 is 0 Å². The van der Waals surface area contributed by atoms with Gasteiger partial charge in [-0.2, -0.15) is 0 Å². The van der Waals surface area contributed by atoms with Crippen LogP contribution in [0.3, 0.4) is 0 Å². The molecule has 2 heteroatoms. The Morgan fingerprint density at radius 2 is 1.62 bits per heavy atom. The van der Waals surface area contributed by atoms with E-state index in [9.17, 15) is 5.11 Å². The number of hydrogen-bond donors (Lipinski definition) is 1. The standard InChI is InChI=1S/C14H23NO/c1-10-7-12(14(3,4)9-16)13(15(5)6)8-11(10)2/h7-8,16H,9H2,1-6H3. The molecule has 0 aromatic heterocycles. The lowest BCUT2D eigenvalue weighted by Gasteiger charge is -2.29. The molecule has 0 atom stereocenters. The second-order valence-corrected chi connectivity index (χ2v) is 5.39. The molecule has 0 spiro atoms. The van der Waals surface area contributed by atoms with E-state index in [1.54, 1.807) is 0 Å². The van der Waals surface area contributed by atoms with Gasteiger partial charge in [0, 0.05) is 25.2 Å². The van der Waals surface area contributed by atoms with E-state index < -0.39 is 0 Å². The third kappa shape index (κ3) is 2.38. The quantitative estimate of drug-likeness (QED) is 0.848. The van der Waals surface area contributed by atoms with Crippen molar-refractivity contribution in [3.05, 3.63) is 28.8 Å². The molecule has 0 amide bonds.